The van der Waals surface area contributed by atoms with Crippen LogP contribution < -0.4 is 11.0 Å². The molecule has 4 N–H and O–H groups in total. The molecule has 1 amide bonds. The van der Waals surface area contributed by atoms with Crippen LogP contribution in [0.15, 0.2) is 11.0 Å². The maximum Gasteiger partial charge on any atom is 0.329 e. The minimum atomic E-state index is -1.23. The Bertz CT molecular complexity index is 552. The van der Waals surface area contributed by atoms with Gasteiger partial charge in [0.15, 0.2) is 0 Å². The Morgan fingerprint density at radius 1 is 1.45 bits per heavy atom. The highest BCUT2D eigenvalue weighted by Crippen LogP contribution is 2.34. The van der Waals surface area contributed by atoms with Crippen molar-refractivity contribution in [2.75, 3.05) is 0 Å². The topological polar surface area (TPSA) is 115 Å². The van der Waals surface area contributed by atoms with Gasteiger partial charge in [-0.1, -0.05) is 13.3 Å². The van der Waals surface area contributed by atoms with Crippen LogP contribution in [0.3, 0.4) is 0 Å². The van der Waals surface area contributed by atoms with Gasteiger partial charge in [-0.25, -0.2) is 9.59 Å². The van der Waals surface area contributed by atoms with Crippen LogP contribution in [0.4, 0.5) is 0 Å². The molecule has 0 radical (unpaired) electrons. The predicted molar refractivity (Wildman–Crippen MR) is 71.5 cm³/mol. The number of H-pyrrole nitrogens is 2. The van der Waals surface area contributed by atoms with Crippen molar-refractivity contribution in [2.24, 2.45) is 5.92 Å². The molecular weight excluding hydrogens is 262 g/mol. The normalized spacial score (nSPS) is 26.1. The summed E-state index contributed by atoms with van der Waals surface area (Å²) >= 11 is 0. The summed E-state index contributed by atoms with van der Waals surface area (Å²) in [7, 11) is 0. The van der Waals surface area contributed by atoms with Gasteiger partial charge in [-0.15, -0.1) is 0 Å². The summed E-state index contributed by atoms with van der Waals surface area (Å²) in [5, 5.41) is 12.0. The van der Waals surface area contributed by atoms with Gasteiger partial charge in [-0.05, 0) is 31.6 Å². The Morgan fingerprint density at radius 3 is 2.55 bits per heavy atom. The molecule has 7 heteroatoms. The van der Waals surface area contributed by atoms with E-state index in [9.17, 15) is 19.5 Å². The lowest BCUT2D eigenvalue weighted by Crippen LogP contribution is -2.56. The van der Waals surface area contributed by atoms with E-state index in [4.69, 9.17) is 0 Å². The molecule has 0 spiro atoms. The van der Waals surface area contributed by atoms with Crippen molar-refractivity contribution in [3.63, 3.8) is 0 Å². The second-order valence-electron chi connectivity index (χ2n) is 5.35. The summed E-state index contributed by atoms with van der Waals surface area (Å²) in [4.78, 5) is 39.2. The van der Waals surface area contributed by atoms with Crippen molar-refractivity contribution in [2.45, 2.75) is 44.6 Å². The molecule has 1 fully saturated rings. The third kappa shape index (κ3) is 2.76. The van der Waals surface area contributed by atoms with E-state index < -0.39 is 23.1 Å². The molecule has 0 atom stereocenters. The zero-order chi connectivity index (χ0) is 14.8. The molecule has 1 aliphatic rings. The third-order valence-electron chi connectivity index (χ3n) is 4.14. The van der Waals surface area contributed by atoms with Gasteiger partial charge in [-0.3, -0.25) is 4.79 Å². The number of hydrogen-bond acceptors (Lipinski definition) is 3. The number of amides is 1. The van der Waals surface area contributed by atoms with E-state index in [1.165, 1.54) is 6.20 Å². The van der Waals surface area contributed by atoms with Crippen LogP contribution in [0.25, 0.3) is 0 Å². The molecule has 1 aromatic heterocycles. The summed E-state index contributed by atoms with van der Waals surface area (Å²) in [5.74, 6) is -1.06. The SMILES string of the molecule is CCC1CCC(NC(=O)c2c[nH]c(=O)[nH]2)(C(=O)O)CC1. The fraction of sp³-hybridized carbons (Fsp3) is 0.615. The van der Waals surface area contributed by atoms with Crippen molar-refractivity contribution in [3.8, 4) is 0 Å². The van der Waals surface area contributed by atoms with Crippen molar-refractivity contribution >= 4 is 11.9 Å². The molecule has 0 bridgehead atoms. The van der Waals surface area contributed by atoms with E-state index >= 15 is 0 Å². The average molecular weight is 281 g/mol. The first-order valence-electron chi connectivity index (χ1n) is 6.80. The largest absolute Gasteiger partial charge is 0.480 e. The van der Waals surface area contributed by atoms with Gasteiger partial charge in [-0.2, -0.15) is 0 Å². The van der Waals surface area contributed by atoms with Gasteiger partial charge in [0.05, 0.1) is 0 Å². The van der Waals surface area contributed by atoms with Gasteiger partial charge in [0.1, 0.15) is 11.2 Å². The maximum atomic E-state index is 12.0. The second-order valence-corrected chi connectivity index (χ2v) is 5.35. The maximum absolute atomic E-state index is 12.0. The molecule has 0 unspecified atom stereocenters. The lowest BCUT2D eigenvalue weighted by atomic mass is 9.75. The number of carbonyl (C=O) groups is 2. The van der Waals surface area contributed by atoms with Crippen LogP contribution in [0.5, 0.6) is 0 Å². The second kappa shape index (κ2) is 5.52. The fourth-order valence-corrected chi connectivity index (χ4v) is 2.71. The van der Waals surface area contributed by atoms with Crippen molar-refractivity contribution in [1.82, 2.24) is 15.3 Å². The molecule has 0 aliphatic heterocycles. The molecule has 0 aromatic carbocycles. The lowest BCUT2D eigenvalue weighted by molar-refractivity contribution is -0.146. The number of nitrogens with one attached hydrogen (secondary N) is 3. The number of aliphatic carboxylic acids is 1. The van der Waals surface area contributed by atoms with Gasteiger partial charge < -0.3 is 20.4 Å². The van der Waals surface area contributed by atoms with Crippen molar-refractivity contribution in [3.05, 3.63) is 22.4 Å². The molecule has 7 nitrogen and oxygen atoms in total. The van der Waals surface area contributed by atoms with E-state index in [2.05, 4.69) is 22.2 Å². The minimum absolute atomic E-state index is 0.0493. The Labute approximate surface area is 115 Å². The summed E-state index contributed by atoms with van der Waals surface area (Å²) in [5.41, 5.74) is -1.67. The molecule has 110 valence electrons. The van der Waals surface area contributed by atoms with E-state index in [-0.39, 0.29) is 5.69 Å². The highest BCUT2D eigenvalue weighted by molar-refractivity contribution is 5.96. The minimum Gasteiger partial charge on any atom is -0.480 e. The average Bonchev–Trinajstić information content (AvgIpc) is 2.86. The van der Waals surface area contributed by atoms with E-state index in [0.29, 0.717) is 18.8 Å². The molecule has 1 aromatic rings. The zero-order valence-corrected chi connectivity index (χ0v) is 11.4. The van der Waals surface area contributed by atoms with E-state index in [1.807, 2.05) is 0 Å². The number of carbonyl (C=O) groups excluding carboxylic acids is 1. The molecule has 1 heterocycles. The van der Waals surface area contributed by atoms with Crippen LogP contribution >= 0.6 is 0 Å². The number of carboxylic acids is 1. The first-order chi connectivity index (χ1) is 9.47. The molecule has 1 saturated carbocycles. The first kappa shape index (κ1) is 14.4. The number of rotatable bonds is 4. The molecule has 2 rings (SSSR count). The summed E-state index contributed by atoms with van der Waals surface area (Å²) in [6.45, 7) is 2.08. The summed E-state index contributed by atoms with van der Waals surface area (Å²) in [6.07, 6.45) is 4.67. The van der Waals surface area contributed by atoms with Crippen LogP contribution in [0, 0.1) is 5.92 Å². The Hall–Kier alpha value is -2.05. The first-order valence-corrected chi connectivity index (χ1v) is 6.80. The van der Waals surface area contributed by atoms with Crippen LogP contribution in [-0.4, -0.2) is 32.5 Å². The molecule has 0 saturated heterocycles. The summed E-state index contributed by atoms with van der Waals surface area (Å²) < 4.78 is 0. The number of aromatic amines is 2. The number of imidazole rings is 1. The number of hydrogen-bond donors (Lipinski definition) is 4. The van der Waals surface area contributed by atoms with Crippen molar-refractivity contribution < 1.29 is 14.7 Å². The van der Waals surface area contributed by atoms with Gasteiger partial charge in [0.2, 0.25) is 0 Å². The smallest absolute Gasteiger partial charge is 0.329 e. The molecular formula is C13H19N3O4. The fourth-order valence-electron chi connectivity index (χ4n) is 2.71. The monoisotopic (exact) mass is 281 g/mol. The zero-order valence-electron chi connectivity index (χ0n) is 11.4. The molecule has 1 aliphatic carbocycles. The lowest BCUT2D eigenvalue weighted by Gasteiger charge is -2.37. The van der Waals surface area contributed by atoms with Gasteiger partial charge >= 0.3 is 11.7 Å². The van der Waals surface area contributed by atoms with Crippen molar-refractivity contribution in [1.29, 1.82) is 0 Å². The highest BCUT2D eigenvalue weighted by atomic mass is 16.4. The van der Waals surface area contributed by atoms with Crippen LogP contribution in [-0.2, 0) is 4.79 Å². The van der Waals surface area contributed by atoms with E-state index in [1.54, 1.807) is 0 Å². The third-order valence-corrected chi connectivity index (χ3v) is 4.14. The van der Waals surface area contributed by atoms with Crippen LogP contribution in [0.1, 0.15) is 49.5 Å². The van der Waals surface area contributed by atoms with Gasteiger partial charge in [0, 0.05) is 6.20 Å². The molecule has 20 heavy (non-hydrogen) atoms. The summed E-state index contributed by atoms with van der Waals surface area (Å²) in [6, 6.07) is 0. The highest BCUT2D eigenvalue weighted by Gasteiger charge is 2.43. The Morgan fingerprint density at radius 2 is 2.10 bits per heavy atom. The standard InChI is InChI=1S/C13H19N3O4/c1-2-8-3-5-13(6-4-8,11(18)19)16-10(17)9-7-14-12(20)15-9/h7-8H,2-6H2,1H3,(H,16,17)(H,18,19)(H2,14,15,20). The predicted octanol–water partition coefficient (Wildman–Crippen LogP) is 0.856. The Balaban J connectivity index is 2.12. The quantitative estimate of drug-likeness (QED) is 0.655. The number of aromatic nitrogens is 2. The van der Waals surface area contributed by atoms with E-state index in [0.717, 1.165) is 19.3 Å². The Kier molecular flexibility index (Phi) is 3.96. The van der Waals surface area contributed by atoms with Crippen LogP contribution in [0.2, 0.25) is 0 Å². The van der Waals surface area contributed by atoms with Gasteiger partial charge in [0.25, 0.3) is 5.91 Å². The number of carboxylic acid groups (broad SMARTS) is 1.